The number of hydrogen-bond donors (Lipinski definition) is 0. The summed E-state index contributed by atoms with van der Waals surface area (Å²) in [7, 11) is 0. The van der Waals surface area contributed by atoms with E-state index in [1.807, 2.05) is 0 Å². The molecule has 0 aliphatic carbocycles. The zero-order valence-electron chi connectivity index (χ0n) is 6.78. The molecule has 2 heterocycles. The van der Waals surface area contributed by atoms with E-state index in [1.165, 1.54) is 12.5 Å². The van der Waals surface area contributed by atoms with Crippen LogP contribution in [0.3, 0.4) is 0 Å². The zero-order valence-corrected chi connectivity index (χ0v) is 6.78. The van der Waals surface area contributed by atoms with E-state index in [4.69, 9.17) is 0 Å². The zero-order chi connectivity index (χ0) is 9.47. The van der Waals surface area contributed by atoms with Gasteiger partial charge >= 0.3 is 6.05 Å². The summed E-state index contributed by atoms with van der Waals surface area (Å²) < 4.78 is 26.5. The maximum absolute atomic E-state index is 12.9. The van der Waals surface area contributed by atoms with Crippen molar-refractivity contribution in [3.8, 4) is 0 Å². The minimum absolute atomic E-state index is 0.141. The molecule has 0 aromatic carbocycles. The Balaban J connectivity index is 2.72. The molecule has 2 aromatic rings. The summed E-state index contributed by atoms with van der Waals surface area (Å²) in [5, 5.41) is 0. The molecule has 0 radical (unpaired) electrons. The van der Waals surface area contributed by atoms with Gasteiger partial charge in [0.15, 0.2) is 5.65 Å². The Labute approximate surface area is 72.3 Å². The van der Waals surface area contributed by atoms with Crippen LogP contribution >= 0.6 is 0 Å². The van der Waals surface area contributed by atoms with Crippen molar-refractivity contribution in [3.05, 3.63) is 18.9 Å². The van der Waals surface area contributed by atoms with Crippen molar-refractivity contribution in [2.45, 2.75) is 13.0 Å². The molecule has 13 heavy (non-hydrogen) atoms. The van der Waals surface area contributed by atoms with Gasteiger partial charge in [-0.3, -0.25) is 4.57 Å². The number of imidazole rings is 1. The average molecular weight is 184 g/mol. The topological polar surface area (TPSA) is 43.6 Å². The Morgan fingerprint density at radius 2 is 2.15 bits per heavy atom. The second kappa shape index (κ2) is 2.45. The van der Waals surface area contributed by atoms with E-state index in [0.29, 0.717) is 10.1 Å². The molecular formula is C7H6F2N4. The molecule has 68 valence electrons. The lowest BCUT2D eigenvalue weighted by Gasteiger charge is -2.11. The van der Waals surface area contributed by atoms with Gasteiger partial charge in [0.1, 0.15) is 18.2 Å². The molecule has 0 amide bonds. The second-order valence-corrected chi connectivity index (χ2v) is 2.69. The van der Waals surface area contributed by atoms with Crippen LogP contribution < -0.4 is 0 Å². The van der Waals surface area contributed by atoms with Crippen LogP contribution in [0.25, 0.3) is 11.2 Å². The predicted molar refractivity (Wildman–Crippen MR) is 41.2 cm³/mol. The second-order valence-electron chi connectivity index (χ2n) is 2.69. The predicted octanol–water partition coefficient (Wildman–Crippen LogP) is 1.40. The molecule has 0 atom stereocenters. The molecule has 4 nitrogen and oxygen atoms in total. The first kappa shape index (κ1) is 8.03. The van der Waals surface area contributed by atoms with E-state index in [-0.39, 0.29) is 5.65 Å². The number of aromatic nitrogens is 4. The van der Waals surface area contributed by atoms with Gasteiger partial charge in [-0.15, -0.1) is 0 Å². The fraction of sp³-hybridized carbons (Fsp3) is 0.286. The van der Waals surface area contributed by atoms with Crippen LogP contribution in [0.5, 0.6) is 0 Å². The van der Waals surface area contributed by atoms with E-state index < -0.39 is 6.05 Å². The number of hydrogen-bond acceptors (Lipinski definition) is 3. The SMILES string of the molecule is CC(F)(F)n1cnc2cncnc21. The van der Waals surface area contributed by atoms with Crippen molar-refractivity contribution < 1.29 is 8.78 Å². The van der Waals surface area contributed by atoms with Gasteiger partial charge in [0.25, 0.3) is 0 Å². The fourth-order valence-corrected chi connectivity index (χ4v) is 1.05. The summed E-state index contributed by atoms with van der Waals surface area (Å²) in [6.07, 6.45) is 3.66. The summed E-state index contributed by atoms with van der Waals surface area (Å²) in [6.45, 7) is 0.788. The van der Waals surface area contributed by atoms with Crippen molar-refractivity contribution >= 4 is 11.2 Å². The number of fused-ring (bicyclic) bond motifs is 1. The first-order valence-electron chi connectivity index (χ1n) is 3.60. The van der Waals surface area contributed by atoms with E-state index in [0.717, 1.165) is 13.3 Å². The molecule has 0 aliphatic rings. The molecule has 0 N–H and O–H groups in total. The Morgan fingerprint density at radius 3 is 2.85 bits per heavy atom. The molecular weight excluding hydrogens is 178 g/mol. The summed E-state index contributed by atoms with van der Waals surface area (Å²) in [6, 6.07) is -2.98. The average Bonchev–Trinajstić information content (AvgIpc) is 2.45. The normalized spacial score (nSPS) is 12.2. The van der Waals surface area contributed by atoms with Crippen molar-refractivity contribution in [2.24, 2.45) is 0 Å². The first-order chi connectivity index (χ1) is 6.09. The van der Waals surface area contributed by atoms with E-state index >= 15 is 0 Å². The standard InChI is InChI=1S/C7H6F2N4/c1-7(8,9)13-4-12-5-2-10-3-11-6(5)13/h2-4H,1H3. The highest BCUT2D eigenvalue weighted by atomic mass is 19.3. The van der Waals surface area contributed by atoms with Crippen molar-refractivity contribution in [3.63, 3.8) is 0 Å². The lowest BCUT2D eigenvalue weighted by molar-refractivity contribution is -0.0576. The van der Waals surface area contributed by atoms with Crippen LogP contribution in [0.4, 0.5) is 8.78 Å². The van der Waals surface area contributed by atoms with E-state index in [1.54, 1.807) is 0 Å². The third kappa shape index (κ3) is 1.24. The highest BCUT2D eigenvalue weighted by molar-refractivity contribution is 5.68. The molecule has 0 saturated carbocycles. The summed E-state index contributed by atoms with van der Waals surface area (Å²) >= 11 is 0. The number of nitrogens with zero attached hydrogens (tertiary/aromatic N) is 4. The number of halogens is 2. The summed E-state index contributed by atoms with van der Waals surface area (Å²) in [4.78, 5) is 11.1. The van der Waals surface area contributed by atoms with Crippen LogP contribution in [-0.4, -0.2) is 19.5 Å². The fourth-order valence-electron chi connectivity index (χ4n) is 1.05. The summed E-state index contributed by atoms with van der Waals surface area (Å²) in [5.41, 5.74) is 0.506. The van der Waals surface area contributed by atoms with Gasteiger partial charge in [0.05, 0.1) is 6.20 Å². The number of rotatable bonds is 1. The maximum atomic E-state index is 12.9. The Morgan fingerprint density at radius 1 is 1.38 bits per heavy atom. The van der Waals surface area contributed by atoms with Gasteiger partial charge in [-0.25, -0.2) is 15.0 Å². The van der Waals surface area contributed by atoms with Crippen molar-refractivity contribution in [2.75, 3.05) is 0 Å². The quantitative estimate of drug-likeness (QED) is 0.672. The molecule has 2 rings (SSSR count). The van der Waals surface area contributed by atoms with E-state index in [9.17, 15) is 8.78 Å². The van der Waals surface area contributed by atoms with Crippen molar-refractivity contribution in [1.82, 2.24) is 19.5 Å². The molecule has 0 fully saturated rings. The van der Waals surface area contributed by atoms with E-state index in [2.05, 4.69) is 15.0 Å². The van der Waals surface area contributed by atoms with Gasteiger partial charge < -0.3 is 0 Å². The molecule has 0 bridgehead atoms. The molecule has 2 aromatic heterocycles. The van der Waals surface area contributed by atoms with Gasteiger partial charge in [-0.1, -0.05) is 0 Å². The minimum Gasteiger partial charge on any atom is -0.254 e. The lowest BCUT2D eigenvalue weighted by Crippen LogP contribution is -2.17. The van der Waals surface area contributed by atoms with Crippen molar-refractivity contribution in [1.29, 1.82) is 0 Å². The van der Waals surface area contributed by atoms with Gasteiger partial charge in [0, 0.05) is 6.92 Å². The Bertz CT molecular complexity index is 431. The third-order valence-corrected chi connectivity index (χ3v) is 1.64. The molecule has 0 spiro atoms. The smallest absolute Gasteiger partial charge is 0.254 e. The maximum Gasteiger partial charge on any atom is 0.328 e. The molecule has 0 saturated heterocycles. The number of alkyl halides is 2. The third-order valence-electron chi connectivity index (χ3n) is 1.64. The highest BCUT2D eigenvalue weighted by Gasteiger charge is 2.26. The molecule has 0 aliphatic heterocycles. The van der Waals surface area contributed by atoms with Gasteiger partial charge in [-0.05, 0) is 0 Å². The minimum atomic E-state index is -2.98. The van der Waals surface area contributed by atoms with Crippen LogP contribution in [-0.2, 0) is 6.05 Å². The lowest BCUT2D eigenvalue weighted by atomic mass is 10.5. The first-order valence-corrected chi connectivity index (χ1v) is 3.60. The Hall–Kier alpha value is -1.59. The summed E-state index contributed by atoms with van der Waals surface area (Å²) in [5.74, 6) is 0. The molecule has 0 unspecified atom stereocenters. The Kier molecular flexibility index (Phi) is 1.51. The van der Waals surface area contributed by atoms with Crippen LogP contribution in [0, 0.1) is 0 Å². The van der Waals surface area contributed by atoms with Crippen LogP contribution in [0.15, 0.2) is 18.9 Å². The van der Waals surface area contributed by atoms with Crippen LogP contribution in [0.2, 0.25) is 0 Å². The van der Waals surface area contributed by atoms with Crippen LogP contribution in [0.1, 0.15) is 6.92 Å². The van der Waals surface area contributed by atoms with Gasteiger partial charge in [0.2, 0.25) is 0 Å². The highest BCUT2D eigenvalue weighted by Crippen LogP contribution is 2.22. The van der Waals surface area contributed by atoms with Gasteiger partial charge in [-0.2, -0.15) is 8.78 Å². The monoisotopic (exact) mass is 184 g/mol. The largest absolute Gasteiger partial charge is 0.328 e. The molecule has 6 heteroatoms.